The summed E-state index contributed by atoms with van der Waals surface area (Å²) in [6, 6.07) is 25.5. The third-order valence-corrected chi connectivity index (χ3v) is 5.69. The van der Waals surface area contributed by atoms with Crippen molar-refractivity contribution in [3.05, 3.63) is 118 Å². The molecular weight excluding hydrogens is 458 g/mol. The van der Waals surface area contributed by atoms with Gasteiger partial charge in [-0.25, -0.2) is 9.36 Å². The van der Waals surface area contributed by atoms with Crippen molar-refractivity contribution >= 4 is 11.6 Å². The Hall–Kier alpha value is -5.12. The smallest absolute Gasteiger partial charge is 0.274 e. The summed E-state index contributed by atoms with van der Waals surface area (Å²) in [5, 5.41) is 26.8. The first-order valence-electron chi connectivity index (χ1n) is 11.2. The van der Waals surface area contributed by atoms with Crippen LogP contribution in [0.1, 0.15) is 21.7 Å². The summed E-state index contributed by atoms with van der Waals surface area (Å²) in [5.41, 5.74) is 4.42. The maximum atomic E-state index is 13.0. The molecule has 5 aromatic rings. The Bertz CT molecular complexity index is 1540. The number of hydrogen-bond donors (Lipinski definition) is 1. The standard InChI is InChI=1S/C26H21N7O3/c1-18-24(28-30-32(18)22-13-8-14-23(15-22)33(35)36)26(34)27-16-20-17-31(21-11-6-3-7-12-21)29-25(20)19-9-4-2-5-10-19/h2-15,17H,16H2,1H3,(H,27,34). The number of nitrogens with one attached hydrogen (secondary N) is 1. The number of carbonyl (C=O) groups excluding carboxylic acids is 1. The zero-order valence-corrected chi connectivity index (χ0v) is 19.3. The largest absolute Gasteiger partial charge is 0.346 e. The summed E-state index contributed by atoms with van der Waals surface area (Å²) in [7, 11) is 0. The van der Waals surface area contributed by atoms with Gasteiger partial charge < -0.3 is 5.32 Å². The van der Waals surface area contributed by atoms with Crippen LogP contribution in [0.3, 0.4) is 0 Å². The Kier molecular flexibility index (Phi) is 6.06. The van der Waals surface area contributed by atoms with E-state index in [1.165, 1.54) is 16.8 Å². The van der Waals surface area contributed by atoms with E-state index in [1.807, 2.05) is 66.9 Å². The van der Waals surface area contributed by atoms with E-state index in [4.69, 9.17) is 5.10 Å². The van der Waals surface area contributed by atoms with Gasteiger partial charge in [-0.2, -0.15) is 5.10 Å². The number of nitro benzene ring substituents is 1. The molecule has 0 unspecified atom stereocenters. The van der Waals surface area contributed by atoms with Crippen LogP contribution in [0.4, 0.5) is 5.69 Å². The van der Waals surface area contributed by atoms with E-state index in [9.17, 15) is 14.9 Å². The minimum absolute atomic E-state index is 0.0720. The van der Waals surface area contributed by atoms with Gasteiger partial charge in [0.05, 0.1) is 27.7 Å². The number of amides is 1. The summed E-state index contributed by atoms with van der Waals surface area (Å²) < 4.78 is 3.19. The molecule has 178 valence electrons. The maximum absolute atomic E-state index is 13.0. The van der Waals surface area contributed by atoms with Gasteiger partial charge in [0.15, 0.2) is 5.69 Å². The number of carbonyl (C=O) groups is 1. The first kappa shape index (κ1) is 22.7. The van der Waals surface area contributed by atoms with E-state index in [2.05, 4.69) is 15.6 Å². The van der Waals surface area contributed by atoms with Crippen LogP contribution in [0.5, 0.6) is 0 Å². The lowest BCUT2D eigenvalue weighted by atomic mass is 10.1. The normalized spacial score (nSPS) is 10.8. The molecule has 0 saturated heterocycles. The second-order valence-corrected chi connectivity index (χ2v) is 8.04. The molecule has 1 N–H and O–H groups in total. The molecule has 2 aromatic heterocycles. The number of nitrogens with zero attached hydrogens (tertiary/aromatic N) is 6. The summed E-state index contributed by atoms with van der Waals surface area (Å²) in [4.78, 5) is 23.7. The van der Waals surface area contributed by atoms with E-state index in [-0.39, 0.29) is 17.9 Å². The number of hydrogen-bond acceptors (Lipinski definition) is 6. The van der Waals surface area contributed by atoms with E-state index >= 15 is 0 Å². The van der Waals surface area contributed by atoms with Gasteiger partial charge in [0, 0.05) is 36.0 Å². The van der Waals surface area contributed by atoms with Gasteiger partial charge in [0.25, 0.3) is 11.6 Å². The summed E-state index contributed by atoms with van der Waals surface area (Å²) >= 11 is 0. The van der Waals surface area contributed by atoms with Crippen LogP contribution in [-0.4, -0.2) is 35.6 Å². The van der Waals surface area contributed by atoms with Crippen molar-refractivity contribution in [2.24, 2.45) is 0 Å². The van der Waals surface area contributed by atoms with Crippen molar-refractivity contribution < 1.29 is 9.72 Å². The molecule has 1 amide bonds. The molecule has 0 atom stereocenters. The van der Waals surface area contributed by atoms with Crippen LogP contribution in [0.15, 0.2) is 91.1 Å². The Labute approximate surface area is 206 Å². The van der Waals surface area contributed by atoms with Crippen molar-refractivity contribution in [3.63, 3.8) is 0 Å². The molecule has 0 fully saturated rings. The fourth-order valence-corrected chi connectivity index (χ4v) is 3.87. The molecule has 0 spiro atoms. The van der Waals surface area contributed by atoms with Gasteiger partial charge >= 0.3 is 0 Å². The zero-order chi connectivity index (χ0) is 25.1. The molecule has 0 aliphatic carbocycles. The molecule has 36 heavy (non-hydrogen) atoms. The van der Waals surface area contributed by atoms with E-state index in [0.717, 1.165) is 22.5 Å². The first-order valence-corrected chi connectivity index (χ1v) is 11.2. The molecule has 2 heterocycles. The van der Waals surface area contributed by atoms with Crippen LogP contribution in [0.25, 0.3) is 22.6 Å². The highest BCUT2D eigenvalue weighted by molar-refractivity contribution is 5.93. The summed E-state index contributed by atoms with van der Waals surface area (Å²) in [6.07, 6.45) is 1.89. The summed E-state index contributed by atoms with van der Waals surface area (Å²) in [5.74, 6) is -0.407. The van der Waals surface area contributed by atoms with Crippen molar-refractivity contribution in [1.82, 2.24) is 30.1 Å². The number of nitro groups is 1. The highest BCUT2D eigenvalue weighted by Gasteiger charge is 2.20. The quantitative estimate of drug-likeness (QED) is 0.275. The average molecular weight is 480 g/mol. The second-order valence-electron chi connectivity index (χ2n) is 8.04. The van der Waals surface area contributed by atoms with Gasteiger partial charge in [-0.1, -0.05) is 59.8 Å². The molecule has 10 nitrogen and oxygen atoms in total. The molecule has 5 rings (SSSR count). The second kappa shape index (κ2) is 9.63. The van der Waals surface area contributed by atoms with Crippen molar-refractivity contribution in [2.75, 3.05) is 0 Å². The van der Waals surface area contributed by atoms with E-state index < -0.39 is 10.8 Å². The average Bonchev–Trinajstić information content (AvgIpc) is 3.52. The lowest BCUT2D eigenvalue weighted by Crippen LogP contribution is -2.24. The molecule has 10 heteroatoms. The number of rotatable bonds is 7. The van der Waals surface area contributed by atoms with Gasteiger partial charge in [0.2, 0.25) is 0 Å². The Morgan fingerprint density at radius 2 is 1.67 bits per heavy atom. The van der Waals surface area contributed by atoms with Crippen LogP contribution < -0.4 is 5.32 Å². The lowest BCUT2D eigenvalue weighted by Gasteiger charge is -2.06. The van der Waals surface area contributed by atoms with Crippen molar-refractivity contribution in [1.29, 1.82) is 0 Å². The molecule has 0 bridgehead atoms. The van der Waals surface area contributed by atoms with Crippen LogP contribution in [0.2, 0.25) is 0 Å². The first-order chi connectivity index (χ1) is 17.5. The third kappa shape index (κ3) is 4.47. The minimum atomic E-state index is -0.483. The monoisotopic (exact) mass is 479 g/mol. The Morgan fingerprint density at radius 1 is 0.972 bits per heavy atom. The molecule has 0 radical (unpaired) electrons. The SMILES string of the molecule is Cc1c(C(=O)NCc2cn(-c3ccccc3)nc2-c2ccccc2)nnn1-c1cccc([N+](=O)[O-])c1. The predicted molar refractivity (Wildman–Crippen MR) is 133 cm³/mol. The van der Waals surface area contributed by atoms with Crippen LogP contribution >= 0.6 is 0 Å². The molecule has 0 saturated carbocycles. The third-order valence-electron chi connectivity index (χ3n) is 5.69. The van der Waals surface area contributed by atoms with Crippen molar-refractivity contribution in [2.45, 2.75) is 13.5 Å². The Morgan fingerprint density at radius 3 is 2.39 bits per heavy atom. The molecule has 0 aliphatic heterocycles. The van der Waals surface area contributed by atoms with Gasteiger partial charge in [-0.15, -0.1) is 5.10 Å². The number of benzene rings is 3. The van der Waals surface area contributed by atoms with Crippen LogP contribution in [0, 0.1) is 17.0 Å². The topological polar surface area (TPSA) is 121 Å². The maximum Gasteiger partial charge on any atom is 0.274 e. The number of para-hydroxylation sites is 1. The van der Waals surface area contributed by atoms with E-state index in [0.29, 0.717) is 11.4 Å². The minimum Gasteiger partial charge on any atom is -0.346 e. The number of non-ortho nitro benzene ring substituents is 1. The van der Waals surface area contributed by atoms with Crippen LogP contribution in [-0.2, 0) is 6.54 Å². The lowest BCUT2D eigenvalue weighted by molar-refractivity contribution is -0.384. The van der Waals surface area contributed by atoms with Crippen molar-refractivity contribution in [3.8, 4) is 22.6 Å². The molecule has 3 aromatic carbocycles. The predicted octanol–water partition coefficient (Wildman–Crippen LogP) is 4.27. The fraction of sp³-hybridized carbons (Fsp3) is 0.0769. The summed E-state index contributed by atoms with van der Waals surface area (Å²) in [6.45, 7) is 1.91. The molecule has 0 aliphatic rings. The fourth-order valence-electron chi connectivity index (χ4n) is 3.87. The number of aromatic nitrogens is 5. The Balaban J connectivity index is 1.40. The molecular formula is C26H21N7O3. The highest BCUT2D eigenvalue weighted by atomic mass is 16.6. The van der Waals surface area contributed by atoms with Gasteiger partial charge in [0.1, 0.15) is 0 Å². The van der Waals surface area contributed by atoms with E-state index in [1.54, 1.807) is 23.7 Å². The van der Waals surface area contributed by atoms with Gasteiger partial charge in [-0.05, 0) is 25.1 Å². The zero-order valence-electron chi connectivity index (χ0n) is 19.3. The van der Waals surface area contributed by atoms with Gasteiger partial charge in [-0.3, -0.25) is 14.9 Å². The highest BCUT2D eigenvalue weighted by Crippen LogP contribution is 2.24.